The second kappa shape index (κ2) is 8.66. The molecule has 0 saturated carbocycles. The first-order valence-electron chi connectivity index (χ1n) is 10.9. The van der Waals surface area contributed by atoms with Gasteiger partial charge in [-0.3, -0.25) is 9.47 Å². The van der Waals surface area contributed by atoms with Gasteiger partial charge in [0.25, 0.3) is 0 Å². The van der Waals surface area contributed by atoms with Gasteiger partial charge in [-0.2, -0.15) is 0 Å². The van der Waals surface area contributed by atoms with Crippen molar-refractivity contribution >= 4 is 27.4 Å². The van der Waals surface area contributed by atoms with Gasteiger partial charge in [-0.25, -0.2) is 9.18 Å². The number of hydrogen-bond donors (Lipinski definition) is 0. The van der Waals surface area contributed by atoms with Gasteiger partial charge in [-0.05, 0) is 41.5 Å². The lowest BCUT2D eigenvalue weighted by Crippen LogP contribution is -2.43. The first kappa shape index (κ1) is 24.1. The number of nitrogens with zero attached hydrogens (tertiary/aromatic N) is 4. The second-order valence-electron chi connectivity index (χ2n) is 10.0. The van der Waals surface area contributed by atoms with E-state index in [1.54, 1.807) is 12.1 Å². The molecule has 1 amide bonds. The minimum absolute atomic E-state index is 0.0102. The Kier molecular flexibility index (Phi) is 6.15. The molecular formula is C22H27FN4O6Si. The zero-order chi connectivity index (χ0) is 24.8. The lowest BCUT2D eigenvalue weighted by molar-refractivity contribution is -0.389. The van der Waals surface area contributed by atoms with Crippen LogP contribution in [0.3, 0.4) is 0 Å². The summed E-state index contributed by atoms with van der Waals surface area (Å²) < 4.78 is 33.8. The van der Waals surface area contributed by atoms with Crippen LogP contribution >= 0.6 is 0 Å². The summed E-state index contributed by atoms with van der Waals surface area (Å²) in [7, 11) is 0.231. The van der Waals surface area contributed by atoms with Crippen LogP contribution in [-0.4, -0.2) is 55.2 Å². The Morgan fingerprint density at radius 2 is 2.00 bits per heavy atom. The van der Waals surface area contributed by atoms with Gasteiger partial charge in [0, 0.05) is 17.4 Å². The van der Waals surface area contributed by atoms with E-state index >= 15 is 4.39 Å². The number of hydrogen-bond acceptors (Lipinski definition) is 7. The Bertz CT molecular complexity index is 1120. The summed E-state index contributed by atoms with van der Waals surface area (Å²) in [5.74, 6) is -1.17. The van der Waals surface area contributed by atoms with Crippen molar-refractivity contribution in [1.29, 1.82) is 0 Å². The molecule has 2 aliphatic rings. The average Bonchev–Trinajstić information content (AvgIpc) is 3.35. The fourth-order valence-corrected chi connectivity index (χ4v) is 4.47. The van der Waals surface area contributed by atoms with Crippen LogP contribution in [0.2, 0.25) is 5.04 Å². The third-order valence-electron chi connectivity index (χ3n) is 5.69. The van der Waals surface area contributed by atoms with Crippen molar-refractivity contribution in [3.63, 3.8) is 0 Å². The molecule has 2 aliphatic heterocycles. The number of benzene rings is 1. The lowest BCUT2D eigenvalue weighted by atomic mass is 9.97. The number of cyclic esters (lactones) is 1. The van der Waals surface area contributed by atoms with E-state index in [4.69, 9.17) is 13.9 Å². The first-order valence-corrected chi connectivity index (χ1v) is 11.8. The normalized spacial score (nSPS) is 20.6. The molecule has 2 atom stereocenters. The van der Waals surface area contributed by atoms with Gasteiger partial charge >= 0.3 is 17.9 Å². The molecule has 182 valence electrons. The summed E-state index contributed by atoms with van der Waals surface area (Å²) in [5, 5.41) is 10.9. The molecule has 0 N–H and O–H groups in total. The van der Waals surface area contributed by atoms with Crippen molar-refractivity contribution in [2.45, 2.75) is 63.8 Å². The predicted molar refractivity (Wildman–Crippen MR) is 122 cm³/mol. The van der Waals surface area contributed by atoms with Crippen molar-refractivity contribution in [2.75, 3.05) is 18.1 Å². The van der Waals surface area contributed by atoms with E-state index in [1.165, 1.54) is 21.7 Å². The third-order valence-corrected chi connectivity index (χ3v) is 6.93. The summed E-state index contributed by atoms with van der Waals surface area (Å²) in [6.45, 7) is 10.7. The number of halogens is 1. The maximum absolute atomic E-state index is 15.1. The lowest BCUT2D eigenvalue weighted by Gasteiger charge is -2.32. The van der Waals surface area contributed by atoms with Crippen LogP contribution in [0.15, 0.2) is 24.4 Å². The summed E-state index contributed by atoms with van der Waals surface area (Å²) in [5.41, 5.74) is 0.0857. The number of carbonyl (C=O) groups excluding carboxylic acids is 1. The minimum atomic E-state index is -0.695. The first-order chi connectivity index (χ1) is 15.8. The number of imidazole rings is 1. The maximum Gasteiger partial charge on any atom is 0.414 e. The SMILES string of the molecule is CC(C)(C)[Si]OC(C)(C)C1CN(c2ccc(C3COc4nc([N+](=O)[O-])cn4C3)c(F)c2)C(=O)O1. The molecular weight excluding hydrogens is 463 g/mol. The molecule has 1 saturated heterocycles. The standard InChI is InChI=1S/C22H27FN4O6Si/c1-21(2,3)34-33-22(4,5)17-10-26(20(28)32-17)14-6-7-15(16(23)8-14)13-9-25-11-18(27(29)30)24-19(25)31-12-13/h6-8,11,13,17H,9-10,12H2,1-5H3. The van der Waals surface area contributed by atoms with Crippen LogP contribution in [0, 0.1) is 15.9 Å². The van der Waals surface area contributed by atoms with Crippen LogP contribution < -0.4 is 9.64 Å². The molecule has 1 fully saturated rings. The quantitative estimate of drug-likeness (QED) is 0.341. The smallest absolute Gasteiger partial charge is 0.414 e. The molecule has 12 heteroatoms. The monoisotopic (exact) mass is 490 g/mol. The average molecular weight is 491 g/mol. The molecule has 0 spiro atoms. The number of rotatable bonds is 6. The fourth-order valence-electron chi connectivity index (χ4n) is 3.77. The van der Waals surface area contributed by atoms with Crippen molar-refractivity contribution in [1.82, 2.24) is 9.55 Å². The van der Waals surface area contributed by atoms with Gasteiger partial charge < -0.3 is 24.0 Å². The molecule has 1 aromatic heterocycles. The summed E-state index contributed by atoms with van der Waals surface area (Å²) in [4.78, 5) is 28.1. The van der Waals surface area contributed by atoms with Crippen LogP contribution in [0.5, 0.6) is 6.01 Å². The number of nitro groups is 1. The number of ether oxygens (including phenoxy) is 2. The molecule has 1 aromatic carbocycles. The molecule has 3 heterocycles. The van der Waals surface area contributed by atoms with E-state index in [0.29, 0.717) is 17.8 Å². The fraction of sp³-hybridized carbons (Fsp3) is 0.545. The van der Waals surface area contributed by atoms with Gasteiger partial charge in [-0.15, -0.1) is 0 Å². The summed E-state index contributed by atoms with van der Waals surface area (Å²) >= 11 is 0. The number of anilines is 1. The molecule has 2 radical (unpaired) electrons. The molecule has 2 aromatic rings. The van der Waals surface area contributed by atoms with Crippen molar-refractivity contribution in [2.24, 2.45) is 0 Å². The van der Waals surface area contributed by atoms with E-state index in [9.17, 15) is 14.9 Å². The van der Waals surface area contributed by atoms with Gasteiger partial charge in [0.1, 0.15) is 24.7 Å². The molecule has 34 heavy (non-hydrogen) atoms. The minimum Gasteiger partial charge on any atom is -0.445 e. The Balaban J connectivity index is 1.47. The number of aromatic nitrogens is 2. The second-order valence-corrected chi connectivity index (χ2v) is 12.0. The maximum atomic E-state index is 15.1. The Morgan fingerprint density at radius 3 is 2.65 bits per heavy atom. The van der Waals surface area contributed by atoms with Crippen LogP contribution in [-0.2, 0) is 15.7 Å². The Hall–Kier alpha value is -2.99. The van der Waals surface area contributed by atoms with E-state index in [0.717, 1.165) is 0 Å². The highest BCUT2D eigenvalue weighted by molar-refractivity contribution is 6.31. The number of fused-ring (bicyclic) bond motifs is 1. The molecule has 0 bridgehead atoms. The van der Waals surface area contributed by atoms with Crippen molar-refractivity contribution < 1.29 is 28.0 Å². The highest BCUT2D eigenvalue weighted by atomic mass is 28.2. The summed E-state index contributed by atoms with van der Waals surface area (Å²) in [6, 6.07) is 4.72. The van der Waals surface area contributed by atoms with Gasteiger partial charge in [0.15, 0.2) is 0 Å². The van der Waals surface area contributed by atoms with Gasteiger partial charge in [0.05, 0.1) is 17.8 Å². The van der Waals surface area contributed by atoms with Crippen molar-refractivity contribution in [3.05, 3.63) is 45.9 Å². The molecule has 4 rings (SSSR count). The largest absolute Gasteiger partial charge is 0.445 e. The van der Waals surface area contributed by atoms with E-state index in [1.807, 2.05) is 13.8 Å². The number of amides is 1. The zero-order valence-electron chi connectivity index (χ0n) is 19.7. The van der Waals surface area contributed by atoms with E-state index in [-0.39, 0.29) is 45.7 Å². The topological polar surface area (TPSA) is 109 Å². The predicted octanol–water partition coefficient (Wildman–Crippen LogP) is 4.06. The molecule has 0 aliphatic carbocycles. The molecule has 2 unspecified atom stereocenters. The number of carbonyl (C=O) groups is 1. The van der Waals surface area contributed by atoms with Crippen LogP contribution in [0.4, 0.5) is 20.7 Å². The van der Waals surface area contributed by atoms with Crippen LogP contribution in [0.25, 0.3) is 0 Å². The highest BCUT2D eigenvalue weighted by Crippen LogP contribution is 2.34. The Labute approximate surface area is 199 Å². The highest BCUT2D eigenvalue weighted by Gasteiger charge is 2.43. The van der Waals surface area contributed by atoms with Gasteiger partial charge in [-0.1, -0.05) is 26.8 Å². The zero-order valence-corrected chi connectivity index (χ0v) is 20.7. The van der Waals surface area contributed by atoms with Crippen molar-refractivity contribution in [3.8, 4) is 6.01 Å². The van der Waals surface area contributed by atoms with E-state index in [2.05, 4.69) is 25.8 Å². The summed E-state index contributed by atoms with van der Waals surface area (Å²) in [6.07, 6.45) is 0.224. The van der Waals surface area contributed by atoms with Crippen LogP contribution in [0.1, 0.15) is 46.1 Å². The van der Waals surface area contributed by atoms with Gasteiger partial charge in [0.2, 0.25) is 9.76 Å². The third kappa shape index (κ3) is 4.92. The van der Waals surface area contributed by atoms with E-state index < -0.39 is 28.5 Å². The Morgan fingerprint density at radius 1 is 1.26 bits per heavy atom. The molecule has 10 nitrogen and oxygen atoms in total.